The molecule has 590 valence electrons. The Bertz CT molecular complexity index is 6810. The van der Waals surface area contributed by atoms with Crippen LogP contribution in [-0.4, -0.2) is 35.2 Å². The van der Waals surface area contributed by atoms with Gasteiger partial charge in [0, 0.05) is 129 Å². The van der Waals surface area contributed by atoms with E-state index in [2.05, 4.69) is 472 Å². The van der Waals surface area contributed by atoms with Crippen LogP contribution in [0.15, 0.2) is 315 Å². The Morgan fingerprint density at radius 2 is 0.445 bits per heavy atom. The molecule has 0 saturated heterocycles. The lowest BCUT2D eigenvalue weighted by Gasteiger charge is -2.43. The first-order valence-electron chi connectivity index (χ1n) is 42.7. The summed E-state index contributed by atoms with van der Waals surface area (Å²) >= 11 is 0. The van der Waals surface area contributed by atoms with Crippen LogP contribution < -0.4 is 24.5 Å². The SMILES string of the molecule is CN1c2ccc3ccccc3c2C(C)(C)c2ccc3ccccc3c21.CN1c2ccccc2C(C)(C)c2c1ccc1c2C(C)(C)c2ccccc2-1.CN1c2ccccc2C(C)(C)c2c1ccc1ccccc21.CN1c2ccccc2C(C)(C)c2cc3c(cc21)C(C)(C)c1ccccc1-3.CN1c2ccccc2C(C)(C)c2ccc3ccccc3c21. The first kappa shape index (κ1) is 76.5. The van der Waals surface area contributed by atoms with Gasteiger partial charge in [0.05, 0.1) is 11.4 Å². The van der Waals surface area contributed by atoms with E-state index >= 15 is 0 Å². The summed E-state index contributed by atoms with van der Waals surface area (Å²) in [5, 5.41) is 10.6. The number of para-hydroxylation sites is 4. The molecule has 2 aliphatic carbocycles. The van der Waals surface area contributed by atoms with E-state index in [1.54, 1.807) is 0 Å². The molecule has 0 unspecified atom stereocenters. The van der Waals surface area contributed by atoms with Crippen LogP contribution in [-0.2, 0) is 37.9 Å². The third-order valence-electron chi connectivity index (χ3n) is 28.8. The predicted molar refractivity (Wildman–Crippen MR) is 511 cm³/mol. The van der Waals surface area contributed by atoms with Crippen molar-refractivity contribution in [1.29, 1.82) is 0 Å². The van der Waals surface area contributed by atoms with E-state index < -0.39 is 0 Å². The molecule has 5 heterocycles. The Balaban J connectivity index is 0.0000000989. The summed E-state index contributed by atoms with van der Waals surface area (Å²) in [6, 6.07) is 115. The maximum absolute atomic E-state index is 2.46. The van der Waals surface area contributed by atoms with Crippen molar-refractivity contribution in [1.82, 2.24) is 0 Å². The quantitative estimate of drug-likeness (QED) is 0.150. The molecular weight excluding hydrogens is 1440 g/mol. The fourth-order valence-electron chi connectivity index (χ4n) is 22.4. The molecule has 0 fully saturated rings. The monoisotopic (exact) mass is 1550 g/mol. The van der Waals surface area contributed by atoms with Gasteiger partial charge in [-0.3, -0.25) is 0 Å². The summed E-state index contributed by atoms with van der Waals surface area (Å²) in [4.78, 5) is 11.8. The third-order valence-corrected chi connectivity index (χ3v) is 28.8. The lowest BCUT2D eigenvalue weighted by Crippen LogP contribution is -2.34. The summed E-state index contributed by atoms with van der Waals surface area (Å²) in [6.45, 7) is 33.0. The van der Waals surface area contributed by atoms with Crippen molar-refractivity contribution in [3.8, 4) is 22.3 Å². The Kier molecular flexibility index (Phi) is 17.7. The largest absolute Gasteiger partial charge is 0.344 e. The molecule has 16 aromatic carbocycles. The van der Waals surface area contributed by atoms with Gasteiger partial charge in [0.1, 0.15) is 0 Å². The zero-order valence-electron chi connectivity index (χ0n) is 72.8. The number of rotatable bonds is 0. The Labute approximate surface area is 705 Å². The van der Waals surface area contributed by atoms with Gasteiger partial charge in [-0.2, -0.15) is 0 Å². The molecule has 23 rings (SSSR count). The van der Waals surface area contributed by atoms with Crippen molar-refractivity contribution < 1.29 is 0 Å². The van der Waals surface area contributed by atoms with Crippen molar-refractivity contribution in [2.75, 3.05) is 59.7 Å². The van der Waals surface area contributed by atoms with E-state index in [-0.39, 0.29) is 37.9 Å². The fraction of sp³-hybridized carbons (Fsp3) is 0.228. The minimum Gasteiger partial charge on any atom is -0.344 e. The van der Waals surface area contributed by atoms with E-state index in [1.165, 1.54) is 200 Å². The highest BCUT2D eigenvalue weighted by Crippen LogP contribution is 2.61. The van der Waals surface area contributed by atoms with Crippen molar-refractivity contribution in [3.05, 3.63) is 393 Å². The second-order valence-electron chi connectivity index (χ2n) is 37.9. The van der Waals surface area contributed by atoms with Crippen LogP contribution in [0.4, 0.5) is 56.9 Å². The van der Waals surface area contributed by atoms with Crippen LogP contribution in [0.5, 0.6) is 0 Å². The molecular formula is C114H109N5. The lowest BCUT2D eigenvalue weighted by molar-refractivity contribution is 0.582. The van der Waals surface area contributed by atoms with Gasteiger partial charge >= 0.3 is 0 Å². The average molecular weight is 1550 g/mol. The number of benzene rings is 16. The van der Waals surface area contributed by atoms with Crippen molar-refractivity contribution in [3.63, 3.8) is 0 Å². The molecule has 16 aromatic rings. The average Bonchev–Trinajstić information content (AvgIpc) is 1.59. The van der Waals surface area contributed by atoms with E-state index in [4.69, 9.17) is 0 Å². The normalized spacial score (nSPS) is 16.6. The van der Waals surface area contributed by atoms with E-state index in [0.717, 1.165) is 0 Å². The molecule has 0 aromatic heterocycles. The number of fused-ring (bicyclic) bond motifs is 25. The van der Waals surface area contributed by atoms with Crippen molar-refractivity contribution in [2.24, 2.45) is 0 Å². The number of nitrogens with zero attached hydrogens (tertiary/aromatic N) is 5. The van der Waals surface area contributed by atoms with E-state index in [1.807, 2.05) is 0 Å². The van der Waals surface area contributed by atoms with Crippen LogP contribution in [0.1, 0.15) is 175 Å². The van der Waals surface area contributed by atoms with Gasteiger partial charge in [-0.05, 0) is 187 Å². The van der Waals surface area contributed by atoms with Gasteiger partial charge in [0.15, 0.2) is 0 Å². The van der Waals surface area contributed by atoms with Crippen LogP contribution in [0.25, 0.3) is 65.3 Å². The molecule has 0 bridgehead atoms. The van der Waals surface area contributed by atoms with Crippen molar-refractivity contribution >= 4 is 100.0 Å². The molecule has 5 aliphatic heterocycles. The molecule has 0 N–H and O–H groups in total. The van der Waals surface area contributed by atoms with Crippen LogP contribution in [0.2, 0.25) is 0 Å². The van der Waals surface area contributed by atoms with Crippen molar-refractivity contribution in [2.45, 2.75) is 135 Å². The Morgan fingerprint density at radius 3 is 0.924 bits per heavy atom. The van der Waals surface area contributed by atoms with Crippen LogP contribution >= 0.6 is 0 Å². The highest BCUT2D eigenvalue weighted by Gasteiger charge is 2.47. The van der Waals surface area contributed by atoms with Gasteiger partial charge in [-0.15, -0.1) is 0 Å². The fourth-order valence-corrected chi connectivity index (χ4v) is 22.4. The highest BCUT2D eigenvalue weighted by atomic mass is 15.1. The minimum atomic E-state index is -0.0396. The number of anilines is 10. The maximum atomic E-state index is 2.46. The smallest absolute Gasteiger partial charge is 0.0529 e. The molecule has 0 spiro atoms. The summed E-state index contributed by atoms with van der Waals surface area (Å²) < 4.78 is 0. The van der Waals surface area contributed by atoms with Gasteiger partial charge < -0.3 is 24.5 Å². The second kappa shape index (κ2) is 27.6. The summed E-state index contributed by atoms with van der Waals surface area (Å²) in [5.41, 5.74) is 38.9. The first-order valence-corrected chi connectivity index (χ1v) is 42.7. The third kappa shape index (κ3) is 11.4. The number of hydrogen-bond donors (Lipinski definition) is 0. The number of hydrogen-bond acceptors (Lipinski definition) is 5. The molecule has 7 aliphatic rings. The minimum absolute atomic E-state index is 0.00482. The summed E-state index contributed by atoms with van der Waals surface area (Å²) in [7, 11) is 11.0. The van der Waals surface area contributed by atoms with Crippen LogP contribution in [0.3, 0.4) is 0 Å². The molecule has 119 heavy (non-hydrogen) atoms. The zero-order valence-corrected chi connectivity index (χ0v) is 72.8. The Hall–Kier alpha value is -12.4. The van der Waals surface area contributed by atoms with Crippen LogP contribution in [0, 0.1) is 0 Å². The molecule has 0 amide bonds. The van der Waals surface area contributed by atoms with Gasteiger partial charge in [-0.1, -0.05) is 358 Å². The zero-order chi connectivity index (χ0) is 82.9. The predicted octanol–water partition coefficient (Wildman–Crippen LogP) is 29.7. The standard InChI is InChI=1S/2C25H25N.C24H21N.2C20H19N/c1-24(2)18-11-7-6-10-16(18)17-14-21-23(15-20(17)24)26(5)22-13-9-8-12-19(22)25(21,3)4;1-24(2)18-11-7-6-10-16(18)17-14-15-21-23(22(17)24)25(3,4)19-12-8-9-13-20(19)26(21)5;1-24(2)20-14-12-17-9-5-7-11-19(17)23(20)25(3)21-15-13-16-8-4-6-10-18(16)22(21)24;1-20(2)16-10-6-7-11-18(16)21(3)19-15-9-5-4-8-14(15)12-13-17(19)20;1-20(2)16-10-6-7-11-17(16)21(3)18-13-12-14-8-4-5-9-15(14)19(18)20/h2*6-15H,1-5H3;4-15H,1-3H3;2*4-13H,1-3H3. The van der Waals surface area contributed by atoms with E-state index in [0.29, 0.717) is 0 Å². The molecule has 0 radical (unpaired) electrons. The second-order valence-corrected chi connectivity index (χ2v) is 37.9. The Morgan fingerprint density at radius 1 is 0.160 bits per heavy atom. The van der Waals surface area contributed by atoms with Gasteiger partial charge in [-0.25, -0.2) is 0 Å². The summed E-state index contributed by atoms with van der Waals surface area (Å²) in [6.07, 6.45) is 0. The lowest BCUT2D eigenvalue weighted by atomic mass is 9.67. The molecule has 5 nitrogen and oxygen atoms in total. The first-order chi connectivity index (χ1) is 57.0. The molecule has 5 heteroatoms. The highest BCUT2D eigenvalue weighted by molar-refractivity contribution is 6.05. The molecule has 0 atom stereocenters. The molecule has 0 saturated carbocycles. The van der Waals surface area contributed by atoms with Gasteiger partial charge in [0.25, 0.3) is 0 Å². The maximum Gasteiger partial charge on any atom is 0.0529 e. The van der Waals surface area contributed by atoms with Gasteiger partial charge in [0.2, 0.25) is 0 Å². The van der Waals surface area contributed by atoms with E-state index in [9.17, 15) is 0 Å². The topological polar surface area (TPSA) is 16.2 Å². The summed E-state index contributed by atoms with van der Waals surface area (Å²) in [5.74, 6) is 0.